The van der Waals surface area contributed by atoms with Gasteiger partial charge in [-0.15, -0.1) is 0 Å². The zero-order valence-corrected chi connectivity index (χ0v) is 22.5. The molecule has 2 heterocycles. The molecule has 3 amide bonds. The number of anilines is 1. The van der Waals surface area contributed by atoms with E-state index in [9.17, 15) is 9.59 Å². The average Bonchev–Trinajstić information content (AvgIpc) is 3.51. The number of hydrogen-bond acceptors (Lipinski definition) is 8. The van der Waals surface area contributed by atoms with Crippen LogP contribution in [-0.2, 0) is 11.3 Å². The molecule has 4 aromatic rings. The second-order valence-corrected chi connectivity index (χ2v) is 9.40. The Hall–Kier alpha value is -4.74. The molecule has 0 spiro atoms. The number of urea groups is 1. The van der Waals surface area contributed by atoms with Crippen LogP contribution in [0.5, 0.6) is 5.75 Å². The first-order valence-corrected chi connectivity index (χ1v) is 13.4. The molecule has 1 aliphatic heterocycles. The normalized spacial score (nSPS) is 14.1. The van der Waals surface area contributed by atoms with Gasteiger partial charge in [-0.2, -0.15) is 4.98 Å². The molecule has 1 aliphatic rings. The molecule has 3 aromatic carbocycles. The fourth-order valence-electron chi connectivity index (χ4n) is 4.36. The molecule has 11 nitrogen and oxygen atoms in total. The van der Waals surface area contributed by atoms with E-state index in [0.717, 1.165) is 30.0 Å². The first-order chi connectivity index (χ1) is 20.1. The molecule has 0 saturated carbocycles. The van der Waals surface area contributed by atoms with Crippen molar-refractivity contribution in [2.75, 3.05) is 44.8 Å². The Bertz CT molecular complexity index is 1390. The number of hydrogen-bond donors (Lipinski definition) is 3. The number of amides is 3. The molecule has 41 heavy (non-hydrogen) atoms. The van der Waals surface area contributed by atoms with Crippen molar-refractivity contribution in [3.8, 4) is 16.9 Å². The lowest BCUT2D eigenvalue weighted by atomic mass is 10.1. The van der Waals surface area contributed by atoms with Crippen LogP contribution in [0.1, 0.15) is 16.5 Å². The standard InChI is InChI=1S/C30H32N6O5/c37-29(31-19-25(36-15-17-39-18-16-36)21-40-26-9-5-2-6-10-26)28-34-27(41-35-28)20-32-30(38)33-24-13-11-23(12-14-24)22-7-3-1-4-8-22/h1-14,25H,15-21H2,(H,31,37)(H2,32,33,38). The first-order valence-electron chi connectivity index (χ1n) is 13.4. The largest absolute Gasteiger partial charge is 0.492 e. The second-order valence-electron chi connectivity index (χ2n) is 9.40. The van der Waals surface area contributed by atoms with Crippen molar-refractivity contribution in [3.05, 3.63) is 96.6 Å². The van der Waals surface area contributed by atoms with Gasteiger partial charge in [-0.1, -0.05) is 65.8 Å². The highest BCUT2D eigenvalue weighted by molar-refractivity contribution is 5.90. The maximum Gasteiger partial charge on any atom is 0.319 e. The minimum absolute atomic E-state index is 0.0322. The number of carbonyl (C=O) groups is 2. The lowest BCUT2D eigenvalue weighted by Crippen LogP contribution is -2.51. The molecule has 1 aromatic heterocycles. The topological polar surface area (TPSA) is 131 Å². The number of nitrogens with one attached hydrogen (secondary N) is 3. The minimum Gasteiger partial charge on any atom is -0.492 e. The monoisotopic (exact) mass is 556 g/mol. The number of ether oxygens (including phenoxy) is 2. The summed E-state index contributed by atoms with van der Waals surface area (Å²) in [4.78, 5) is 31.5. The highest BCUT2D eigenvalue weighted by Gasteiger charge is 2.24. The second kappa shape index (κ2) is 14.1. The van der Waals surface area contributed by atoms with Crippen molar-refractivity contribution in [2.45, 2.75) is 12.6 Å². The van der Waals surface area contributed by atoms with Gasteiger partial charge in [0.1, 0.15) is 12.4 Å². The van der Waals surface area contributed by atoms with Crippen LogP contribution in [0.4, 0.5) is 10.5 Å². The van der Waals surface area contributed by atoms with Gasteiger partial charge in [-0.3, -0.25) is 9.69 Å². The smallest absolute Gasteiger partial charge is 0.319 e. The van der Waals surface area contributed by atoms with Crippen LogP contribution < -0.4 is 20.7 Å². The summed E-state index contributed by atoms with van der Waals surface area (Å²) >= 11 is 0. The number of para-hydroxylation sites is 1. The van der Waals surface area contributed by atoms with Crippen molar-refractivity contribution in [1.29, 1.82) is 0 Å². The third-order valence-electron chi connectivity index (χ3n) is 6.57. The van der Waals surface area contributed by atoms with Crippen molar-refractivity contribution in [2.24, 2.45) is 0 Å². The molecule has 1 atom stereocenters. The SMILES string of the molecule is O=C(NCc1nc(C(=O)NCC(COc2ccccc2)N2CCOCC2)no1)Nc1ccc(-c2ccccc2)cc1. The molecule has 0 radical (unpaired) electrons. The van der Waals surface area contributed by atoms with Gasteiger partial charge in [0, 0.05) is 25.3 Å². The van der Waals surface area contributed by atoms with Gasteiger partial charge >= 0.3 is 6.03 Å². The number of benzene rings is 3. The molecule has 1 fully saturated rings. The summed E-state index contributed by atoms with van der Waals surface area (Å²) in [6, 6.07) is 26.5. The number of morpholine rings is 1. The lowest BCUT2D eigenvalue weighted by Gasteiger charge is -2.34. The van der Waals surface area contributed by atoms with Crippen molar-refractivity contribution in [3.63, 3.8) is 0 Å². The molecule has 212 valence electrons. The van der Waals surface area contributed by atoms with E-state index in [0.29, 0.717) is 32.1 Å². The van der Waals surface area contributed by atoms with Crippen LogP contribution in [0, 0.1) is 0 Å². The van der Waals surface area contributed by atoms with E-state index < -0.39 is 11.9 Å². The quantitative estimate of drug-likeness (QED) is 0.256. The van der Waals surface area contributed by atoms with Gasteiger partial charge in [0.15, 0.2) is 0 Å². The number of nitrogens with zero attached hydrogens (tertiary/aromatic N) is 3. The Morgan fingerprint density at radius 2 is 1.56 bits per heavy atom. The Kier molecular flexibility index (Phi) is 9.54. The molecule has 3 N–H and O–H groups in total. The minimum atomic E-state index is -0.471. The fourth-order valence-corrected chi connectivity index (χ4v) is 4.36. The van der Waals surface area contributed by atoms with Crippen LogP contribution in [0.15, 0.2) is 89.5 Å². The van der Waals surface area contributed by atoms with Crippen LogP contribution >= 0.6 is 0 Å². The van der Waals surface area contributed by atoms with Crippen LogP contribution in [0.3, 0.4) is 0 Å². The molecular weight excluding hydrogens is 524 g/mol. The highest BCUT2D eigenvalue weighted by atomic mass is 16.5. The van der Waals surface area contributed by atoms with Crippen LogP contribution in [0.25, 0.3) is 11.1 Å². The van der Waals surface area contributed by atoms with E-state index in [1.807, 2.05) is 84.9 Å². The van der Waals surface area contributed by atoms with Gasteiger partial charge in [-0.05, 0) is 35.4 Å². The van der Waals surface area contributed by atoms with Gasteiger partial charge in [0.2, 0.25) is 5.89 Å². The zero-order chi connectivity index (χ0) is 28.3. The number of aromatic nitrogens is 2. The number of carbonyl (C=O) groups excluding carboxylic acids is 2. The maximum atomic E-state index is 12.7. The first kappa shape index (κ1) is 27.8. The predicted octanol–water partition coefficient (Wildman–Crippen LogP) is 3.57. The Morgan fingerprint density at radius 1 is 0.878 bits per heavy atom. The maximum absolute atomic E-state index is 12.7. The van der Waals surface area contributed by atoms with Gasteiger partial charge in [0.25, 0.3) is 11.7 Å². The fraction of sp³-hybridized carbons (Fsp3) is 0.267. The summed E-state index contributed by atoms with van der Waals surface area (Å²) in [6.07, 6.45) is 0. The molecule has 1 saturated heterocycles. The summed E-state index contributed by atoms with van der Waals surface area (Å²) in [7, 11) is 0. The third kappa shape index (κ3) is 8.13. The zero-order valence-electron chi connectivity index (χ0n) is 22.5. The van der Waals surface area contributed by atoms with Crippen molar-refractivity contribution >= 4 is 17.6 Å². The van der Waals surface area contributed by atoms with E-state index in [2.05, 4.69) is 31.0 Å². The average molecular weight is 557 g/mol. The molecule has 0 aliphatic carbocycles. The van der Waals surface area contributed by atoms with Gasteiger partial charge in [0.05, 0.1) is 25.8 Å². The van der Waals surface area contributed by atoms with Crippen LogP contribution in [0.2, 0.25) is 0 Å². The molecule has 5 rings (SSSR count). The predicted molar refractivity (Wildman–Crippen MR) is 152 cm³/mol. The third-order valence-corrected chi connectivity index (χ3v) is 6.57. The Balaban J connectivity index is 1.09. The molecule has 0 bridgehead atoms. The summed E-state index contributed by atoms with van der Waals surface area (Å²) < 4.78 is 16.6. The Morgan fingerprint density at radius 3 is 2.29 bits per heavy atom. The molecule has 11 heteroatoms. The van der Waals surface area contributed by atoms with Crippen LogP contribution in [-0.4, -0.2) is 72.5 Å². The highest BCUT2D eigenvalue weighted by Crippen LogP contribution is 2.21. The summed E-state index contributed by atoms with van der Waals surface area (Å²) in [5.41, 5.74) is 2.78. The lowest BCUT2D eigenvalue weighted by molar-refractivity contribution is 0.00641. The molecule has 1 unspecified atom stereocenters. The van der Waals surface area contributed by atoms with Crippen molar-refractivity contribution in [1.82, 2.24) is 25.7 Å². The summed E-state index contributed by atoms with van der Waals surface area (Å²) in [5, 5.41) is 12.1. The van der Waals surface area contributed by atoms with Gasteiger partial charge in [-0.25, -0.2) is 4.79 Å². The summed E-state index contributed by atoms with van der Waals surface area (Å²) in [6.45, 7) is 3.45. The van der Waals surface area contributed by atoms with E-state index in [1.54, 1.807) is 0 Å². The van der Waals surface area contributed by atoms with E-state index >= 15 is 0 Å². The van der Waals surface area contributed by atoms with Crippen molar-refractivity contribution < 1.29 is 23.6 Å². The van der Waals surface area contributed by atoms with Gasteiger partial charge < -0.3 is 29.9 Å². The van der Waals surface area contributed by atoms with E-state index in [-0.39, 0.29) is 24.3 Å². The summed E-state index contributed by atoms with van der Waals surface area (Å²) in [5.74, 6) is 0.298. The molecular formula is C30H32N6O5. The van der Waals surface area contributed by atoms with E-state index in [4.69, 9.17) is 14.0 Å². The Labute approximate surface area is 237 Å². The van der Waals surface area contributed by atoms with E-state index in [1.165, 1.54) is 0 Å². The number of rotatable bonds is 11.